The minimum Gasteiger partial charge on any atom is -0.497 e. The molecular formula is C16H25ClN4O4. The molecule has 0 saturated carbocycles. The van der Waals surface area contributed by atoms with E-state index in [2.05, 4.69) is 16.0 Å². The quantitative estimate of drug-likeness (QED) is 0.571. The van der Waals surface area contributed by atoms with E-state index in [0.29, 0.717) is 17.1 Å². The standard InChI is InChI=1S/C16H24N4O4.ClH/c1-9(2)15(17)16(23)18-8-14(22)20-13-7-11(24-4)5-6-12(13)19-10(3)21;/h5-7,9,15H,8,17H2,1-4H3,(H,18,23)(H,19,21)(H,20,22);1H/t15-;/m0./s1. The van der Waals surface area contributed by atoms with E-state index in [1.54, 1.807) is 18.2 Å². The smallest absolute Gasteiger partial charge is 0.243 e. The zero-order chi connectivity index (χ0) is 18.3. The average Bonchev–Trinajstić information content (AvgIpc) is 2.52. The summed E-state index contributed by atoms with van der Waals surface area (Å²) in [5.41, 5.74) is 6.51. The van der Waals surface area contributed by atoms with Gasteiger partial charge in [-0.1, -0.05) is 13.8 Å². The van der Waals surface area contributed by atoms with Crippen molar-refractivity contribution in [3.8, 4) is 5.75 Å². The Kier molecular flexibility index (Phi) is 9.55. The Bertz CT molecular complexity index is 622. The van der Waals surface area contributed by atoms with Gasteiger partial charge in [0.05, 0.1) is 31.1 Å². The molecule has 0 fully saturated rings. The van der Waals surface area contributed by atoms with Gasteiger partial charge in [-0.15, -0.1) is 12.4 Å². The maximum atomic E-state index is 12.0. The van der Waals surface area contributed by atoms with Gasteiger partial charge in [0, 0.05) is 13.0 Å². The van der Waals surface area contributed by atoms with E-state index < -0.39 is 17.9 Å². The van der Waals surface area contributed by atoms with Crippen LogP contribution in [0.5, 0.6) is 5.75 Å². The van der Waals surface area contributed by atoms with Crippen molar-refractivity contribution in [3.63, 3.8) is 0 Å². The molecule has 0 saturated heterocycles. The van der Waals surface area contributed by atoms with Crippen molar-refractivity contribution >= 4 is 41.5 Å². The number of ether oxygens (including phenoxy) is 1. The van der Waals surface area contributed by atoms with E-state index >= 15 is 0 Å². The first-order valence-corrected chi connectivity index (χ1v) is 7.53. The lowest BCUT2D eigenvalue weighted by Crippen LogP contribution is -2.46. The molecule has 0 aliphatic heterocycles. The fourth-order valence-electron chi connectivity index (χ4n) is 1.83. The number of hydrogen-bond acceptors (Lipinski definition) is 5. The summed E-state index contributed by atoms with van der Waals surface area (Å²) >= 11 is 0. The zero-order valence-corrected chi connectivity index (χ0v) is 15.5. The van der Waals surface area contributed by atoms with Crippen molar-refractivity contribution in [3.05, 3.63) is 18.2 Å². The summed E-state index contributed by atoms with van der Waals surface area (Å²) in [5, 5.41) is 7.71. The Morgan fingerprint density at radius 1 is 1.16 bits per heavy atom. The Hall–Kier alpha value is -2.32. The molecular weight excluding hydrogens is 348 g/mol. The number of carbonyl (C=O) groups is 3. The maximum absolute atomic E-state index is 12.0. The van der Waals surface area contributed by atoms with Gasteiger partial charge in [-0.3, -0.25) is 14.4 Å². The van der Waals surface area contributed by atoms with Crippen molar-refractivity contribution < 1.29 is 19.1 Å². The highest BCUT2D eigenvalue weighted by atomic mass is 35.5. The van der Waals surface area contributed by atoms with Gasteiger partial charge in [0.2, 0.25) is 17.7 Å². The lowest BCUT2D eigenvalue weighted by atomic mass is 10.1. The molecule has 0 radical (unpaired) electrons. The third-order valence-corrected chi connectivity index (χ3v) is 3.26. The first-order chi connectivity index (χ1) is 11.2. The lowest BCUT2D eigenvalue weighted by molar-refractivity contribution is -0.125. The molecule has 5 N–H and O–H groups in total. The predicted octanol–water partition coefficient (Wildman–Crippen LogP) is 1.11. The second kappa shape index (κ2) is 10.5. The lowest BCUT2D eigenvalue weighted by Gasteiger charge is -2.16. The maximum Gasteiger partial charge on any atom is 0.243 e. The second-order valence-electron chi connectivity index (χ2n) is 5.63. The van der Waals surface area contributed by atoms with E-state index in [1.165, 1.54) is 14.0 Å². The topological polar surface area (TPSA) is 123 Å². The van der Waals surface area contributed by atoms with Crippen LogP contribution in [0.3, 0.4) is 0 Å². The molecule has 1 atom stereocenters. The van der Waals surface area contributed by atoms with Gasteiger partial charge in [0.1, 0.15) is 5.75 Å². The van der Waals surface area contributed by atoms with Crippen LogP contribution in [0.4, 0.5) is 11.4 Å². The summed E-state index contributed by atoms with van der Waals surface area (Å²) < 4.78 is 5.10. The Labute approximate surface area is 153 Å². The Morgan fingerprint density at radius 3 is 2.32 bits per heavy atom. The molecule has 0 bridgehead atoms. The molecule has 0 aliphatic rings. The minimum absolute atomic E-state index is 0. The number of amides is 3. The molecule has 140 valence electrons. The number of anilines is 2. The van der Waals surface area contributed by atoms with E-state index in [-0.39, 0.29) is 30.8 Å². The Balaban J connectivity index is 0.00000576. The van der Waals surface area contributed by atoms with Crippen molar-refractivity contribution in [2.45, 2.75) is 26.8 Å². The number of nitrogens with one attached hydrogen (secondary N) is 3. The fraction of sp³-hybridized carbons (Fsp3) is 0.438. The van der Waals surface area contributed by atoms with Gasteiger partial charge in [0.25, 0.3) is 0 Å². The third-order valence-electron chi connectivity index (χ3n) is 3.26. The van der Waals surface area contributed by atoms with E-state index in [0.717, 1.165) is 0 Å². The van der Waals surface area contributed by atoms with Gasteiger partial charge in [0.15, 0.2) is 0 Å². The van der Waals surface area contributed by atoms with E-state index in [1.807, 2.05) is 13.8 Å². The summed E-state index contributed by atoms with van der Waals surface area (Å²) in [5.74, 6) is -0.623. The van der Waals surface area contributed by atoms with Crippen LogP contribution in [0.15, 0.2) is 18.2 Å². The van der Waals surface area contributed by atoms with Crippen LogP contribution in [0, 0.1) is 5.92 Å². The Morgan fingerprint density at radius 2 is 1.80 bits per heavy atom. The number of hydrogen-bond donors (Lipinski definition) is 4. The molecule has 0 heterocycles. The molecule has 8 nitrogen and oxygen atoms in total. The summed E-state index contributed by atoms with van der Waals surface area (Å²) in [6.45, 7) is 4.78. The summed E-state index contributed by atoms with van der Waals surface area (Å²) in [7, 11) is 1.49. The molecule has 1 aromatic carbocycles. The highest BCUT2D eigenvalue weighted by Gasteiger charge is 2.18. The molecule has 25 heavy (non-hydrogen) atoms. The minimum atomic E-state index is -0.676. The van der Waals surface area contributed by atoms with Gasteiger partial charge in [-0.25, -0.2) is 0 Å². The van der Waals surface area contributed by atoms with Crippen LogP contribution in [-0.4, -0.2) is 37.4 Å². The van der Waals surface area contributed by atoms with Crippen LogP contribution in [-0.2, 0) is 14.4 Å². The van der Waals surface area contributed by atoms with Crippen molar-refractivity contribution in [2.75, 3.05) is 24.3 Å². The highest BCUT2D eigenvalue weighted by Crippen LogP contribution is 2.27. The molecule has 0 aromatic heterocycles. The van der Waals surface area contributed by atoms with Crippen molar-refractivity contribution in [1.82, 2.24) is 5.32 Å². The number of benzene rings is 1. The predicted molar refractivity (Wildman–Crippen MR) is 99.0 cm³/mol. The van der Waals surface area contributed by atoms with Crippen LogP contribution >= 0.6 is 12.4 Å². The average molecular weight is 373 g/mol. The molecule has 0 aliphatic carbocycles. The first-order valence-electron chi connectivity index (χ1n) is 7.53. The van der Waals surface area contributed by atoms with Gasteiger partial charge in [-0.2, -0.15) is 0 Å². The molecule has 0 spiro atoms. The summed E-state index contributed by atoms with van der Waals surface area (Å²) in [4.78, 5) is 35.0. The van der Waals surface area contributed by atoms with Gasteiger partial charge >= 0.3 is 0 Å². The van der Waals surface area contributed by atoms with Crippen LogP contribution < -0.4 is 26.4 Å². The zero-order valence-electron chi connectivity index (χ0n) is 14.7. The number of methoxy groups -OCH3 is 1. The second-order valence-corrected chi connectivity index (χ2v) is 5.63. The fourth-order valence-corrected chi connectivity index (χ4v) is 1.83. The highest BCUT2D eigenvalue weighted by molar-refractivity contribution is 6.00. The molecule has 3 amide bonds. The monoisotopic (exact) mass is 372 g/mol. The molecule has 0 unspecified atom stereocenters. The molecule has 1 aromatic rings. The number of halogens is 1. The number of rotatable bonds is 7. The van der Waals surface area contributed by atoms with E-state index in [9.17, 15) is 14.4 Å². The van der Waals surface area contributed by atoms with Crippen molar-refractivity contribution in [1.29, 1.82) is 0 Å². The third kappa shape index (κ3) is 7.40. The molecule has 1 rings (SSSR count). The molecule has 9 heteroatoms. The summed E-state index contributed by atoms with van der Waals surface area (Å²) in [6, 6.07) is 4.17. The van der Waals surface area contributed by atoms with Crippen LogP contribution in [0.25, 0.3) is 0 Å². The summed E-state index contributed by atoms with van der Waals surface area (Å²) in [6.07, 6.45) is 0. The van der Waals surface area contributed by atoms with Crippen LogP contribution in [0.2, 0.25) is 0 Å². The largest absolute Gasteiger partial charge is 0.497 e. The SMILES string of the molecule is COc1ccc(NC(C)=O)c(NC(=O)CNC(=O)[C@@H](N)C(C)C)c1.Cl. The van der Waals surface area contributed by atoms with Gasteiger partial charge in [-0.05, 0) is 18.1 Å². The first kappa shape index (κ1) is 22.7. The number of nitrogens with two attached hydrogens (primary N) is 1. The normalized spacial score (nSPS) is 11.1. The van der Waals surface area contributed by atoms with Gasteiger partial charge < -0.3 is 26.4 Å². The number of carbonyl (C=O) groups excluding carboxylic acids is 3. The van der Waals surface area contributed by atoms with Crippen molar-refractivity contribution in [2.24, 2.45) is 11.7 Å². The van der Waals surface area contributed by atoms with E-state index in [4.69, 9.17) is 10.5 Å². The van der Waals surface area contributed by atoms with Crippen LogP contribution in [0.1, 0.15) is 20.8 Å².